The fourth-order valence-corrected chi connectivity index (χ4v) is 1.88. The highest BCUT2D eigenvalue weighted by Crippen LogP contribution is 2.34. The zero-order valence-corrected chi connectivity index (χ0v) is 9.72. The van der Waals surface area contributed by atoms with Gasteiger partial charge in [-0.05, 0) is 51.5 Å². The Bertz CT molecular complexity index is 134. The van der Waals surface area contributed by atoms with E-state index >= 15 is 0 Å². The number of nitrogens with one attached hydrogen (secondary N) is 1. The molecule has 0 bridgehead atoms. The standard InChI is InChI=1S/C12H25NO/c1-3-9-13-12(11-7-8-11)6-5-10-14-4-2/h11-13H,3-10H2,1-2H3. The van der Waals surface area contributed by atoms with Gasteiger partial charge in [0.2, 0.25) is 0 Å². The molecule has 0 aromatic carbocycles. The second-order valence-electron chi connectivity index (χ2n) is 4.24. The first-order valence-electron chi connectivity index (χ1n) is 6.19. The van der Waals surface area contributed by atoms with Gasteiger partial charge in [0.25, 0.3) is 0 Å². The topological polar surface area (TPSA) is 21.3 Å². The van der Waals surface area contributed by atoms with Gasteiger partial charge in [-0.2, -0.15) is 0 Å². The van der Waals surface area contributed by atoms with Crippen molar-refractivity contribution >= 4 is 0 Å². The summed E-state index contributed by atoms with van der Waals surface area (Å²) in [5, 5.41) is 3.65. The molecule has 2 nitrogen and oxygen atoms in total. The van der Waals surface area contributed by atoms with Crippen molar-refractivity contribution in [1.29, 1.82) is 0 Å². The summed E-state index contributed by atoms with van der Waals surface area (Å²) in [4.78, 5) is 0. The normalized spacial score (nSPS) is 18.4. The zero-order chi connectivity index (χ0) is 10.2. The first-order valence-corrected chi connectivity index (χ1v) is 6.19. The van der Waals surface area contributed by atoms with E-state index in [2.05, 4.69) is 19.2 Å². The van der Waals surface area contributed by atoms with Gasteiger partial charge in [-0.15, -0.1) is 0 Å². The van der Waals surface area contributed by atoms with Gasteiger partial charge in [0.1, 0.15) is 0 Å². The van der Waals surface area contributed by atoms with Crippen LogP contribution in [0, 0.1) is 5.92 Å². The van der Waals surface area contributed by atoms with Gasteiger partial charge in [0.05, 0.1) is 0 Å². The van der Waals surface area contributed by atoms with E-state index in [0.717, 1.165) is 25.2 Å². The molecule has 0 aromatic rings. The highest BCUT2D eigenvalue weighted by Gasteiger charge is 2.29. The summed E-state index contributed by atoms with van der Waals surface area (Å²) in [6.45, 7) is 7.27. The Balaban J connectivity index is 2.02. The molecule has 1 N–H and O–H groups in total. The molecule has 1 aliphatic carbocycles. The van der Waals surface area contributed by atoms with Gasteiger partial charge < -0.3 is 10.1 Å². The molecule has 0 saturated heterocycles. The van der Waals surface area contributed by atoms with E-state index in [1.54, 1.807) is 0 Å². The Morgan fingerprint density at radius 2 is 2.14 bits per heavy atom. The molecule has 1 atom stereocenters. The van der Waals surface area contributed by atoms with E-state index in [4.69, 9.17) is 4.74 Å². The minimum absolute atomic E-state index is 0.774. The van der Waals surface area contributed by atoms with Crippen LogP contribution in [0.15, 0.2) is 0 Å². The van der Waals surface area contributed by atoms with Crippen LogP contribution in [0.2, 0.25) is 0 Å². The van der Waals surface area contributed by atoms with Gasteiger partial charge >= 0.3 is 0 Å². The van der Waals surface area contributed by atoms with Crippen molar-refractivity contribution in [1.82, 2.24) is 5.32 Å². The summed E-state index contributed by atoms with van der Waals surface area (Å²) in [6, 6.07) is 0.774. The first-order chi connectivity index (χ1) is 6.88. The van der Waals surface area contributed by atoms with Crippen molar-refractivity contribution in [3.8, 4) is 0 Å². The summed E-state index contributed by atoms with van der Waals surface area (Å²) in [5.41, 5.74) is 0. The van der Waals surface area contributed by atoms with Crippen LogP contribution in [-0.2, 0) is 4.74 Å². The van der Waals surface area contributed by atoms with Crippen molar-refractivity contribution in [2.75, 3.05) is 19.8 Å². The third-order valence-electron chi connectivity index (χ3n) is 2.86. The molecule has 0 spiro atoms. The molecular weight excluding hydrogens is 174 g/mol. The molecule has 1 saturated carbocycles. The van der Waals surface area contributed by atoms with Gasteiger partial charge in [0, 0.05) is 19.3 Å². The minimum atomic E-state index is 0.774. The molecular formula is C12H25NO. The Labute approximate surface area is 88.4 Å². The molecule has 2 heteroatoms. The Morgan fingerprint density at radius 3 is 2.71 bits per heavy atom. The lowest BCUT2D eigenvalue weighted by molar-refractivity contribution is 0.140. The fraction of sp³-hybridized carbons (Fsp3) is 1.00. The van der Waals surface area contributed by atoms with Crippen molar-refractivity contribution in [2.24, 2.45) is 5.92 Å². The van der Waals surface area contributed by atoms with Crippen LogP contribution in [0.4, 0.5) is 0 Å². The van der Waals surface area contributed by atoms with E-state index in [1.165, 1.54) is 38.6 Å². The molecule has 84 valence electrons. The molecule has 1 unspecified atom stereocenters. The lowest BCUT2D eigenvalue weighted by Gasteiger charge is -2.17. The molecule has 1 rings (SSSR count). The van der Waals surface area contributed by atoms with Crippen LogP contribution in [0.1, 0.15) is 46.0 Å². The Hall–Kier alpha value is -0.0800. The molecule has 1 fully saturated rings. The number of hydrogen-bond acceptors (Lipinski definition) is 2. The second-order valence-corrected chi connectivity index (χ2v) is 4.24. The Morgan fingerprint density at radius 1 is 1.36 bits per heavy atom. The predicted octanol–water partition coefficient (Wildman–Crippen LogP) is 2.58. The van der Waals surface area contributed by atoms with Crippen molar-refractivity contribution < 1.29 is 4.74 Å². The van der Waals surface area contributed by atoms with Crippen molar-refractivity contribution in [3.05, 3.63) is 0 Å². The maximum Gasteiger partial charge on any atom is 0.0466 e. The van der Waals surface area contributed by atoms with Crippen LogP contribution in [-0.4, -0.2) is 25.8 Å². The molecule has 0 amide bonds. The van der Waals surface area contributed by atoms with Crippen LogP contribution in [0.3, 0.4) is 0 Å². The van der Waals surface area contributed by atoms with E-state index in [-0.39, 0.29) is 0 Å². The SMILES string of the molecule is CCCNC(CCCOCC)C1CC1. The van der Waals surface area contributed by atoms with Crippen LogP contribution >= 0.6 is 0 Å². The second kappa shape index (κ2) is 7.24. The average molecular weight is 199 g/mol. The summed E-state index contributed by atoms with van der Waals surface area (Å²) in [7, 11) is 0. The maximum absolute atomic E-state index is 5.36. The third-order valence-corrected chi connectivity index (χ3v) is 2.86. The van der Waals surface area contributed by atoms with Gasteiger partial charge in [-0.1, -0.05) is 6.92 Å². The molecule has 0 radical (unpaired) electrons. The van der Waals surface area contributed by atoms with E-state index in [9.17, 15) is 0 Å². The summed E-state index contributed by atoms with van der Waals surface area (Å²) in [6.07, 6.45) is 6.64. The highest BCUT2D eigenvalue weighted by molar-refractivity contribution is 4.86. The molecule has 0 heterocycles. The van der Waals surface area contributed by atoms with Crippen molar-refractivity contribution in [2.45, 2.75) is 52.0 Å². The average Bonchev–Trinajstić information content (AvgIpc) is 3.00. The quantitative estimate of drug-likeness (QED) is 0.576. The van der Waals surface area contributed by atoms with Crippen LogP contribution in [0.25, 0.3) is 0 Å². The van der Waals surface area contributed by atoms with E-state index in [1.807, 2.05) is 0 Å². The molecule has 0 aromatic heterocycles. The number of hydrogen-bond donors (Lipinski definition) is 1. The van der Waals surface area contributed by atoms with Crippen LogP contribution < -0.4 is 5.32 Å². The predicted molar refractivity (Wildman–Crippen MR) is 60.5 cm³/mol. The third kappa shape index (κ3) is 4.97. The minimum Gasteiger partial charge on any atom is -0.382 e. The smallest absolute Gasteiger partial charge is 0.0466 e. The molecule has 0 aliphatic heterocycles. The van der Waals surface area contributed by atoms with Gasteiger partial charge in [-0.25, -0.2) is 0 Å². The highest BCUT2D eigenvalue weighted by atomic mass is 16.5. The summed E-state index contributed by atoms with van der Waals surface area (Å²) < 4.78 is 5.36. The van der Waals surface area contributed by atoms with Crippen molar-refractivity contribution in [3.63, 3.8) is 0 Å². The zero-order valence-electron chi connectivity index (χ0n) is 9.72. The number of rotatable bonds is 9. The first kappa shape index (κ1) is 12.0. The monoisotopic (exact) mass is 199 g/mol. The van der Waals surface area contributed by atoms with Gasteiger partial charge in [0.15, 0.2) is 0 Å². The lowest BCUT2D eigenvalue weighted by Crippen LogP contribution is -2.31. The summed E-state index contributed by atoms with van der Waals surface area (Å²) in [5.74, 6) is 0.975. The van der Waals surface area contributed by atoms with Crippen LogP contribution in [0.5, 0.6) is 0 Å². The largest absolute Gasteiger partial charge is 0.382 e. The molecule has 1 aliphatic rings. The van der Waals surface area contributed by atoms with E-state index in [0.29, 0.717) is 0 Å². The van der Waals surface area contributed by atoms with E-state index < -0.39 is 0 Å². The van der Waals surface area contributed by atoms with Gasteiger partial charge in [-0.3, -0.25) is 0 Å². The lowest BCUT2D eigenvalue weighted by atomic mass is 10.1. The Kier molecular flexibility index (Phi) is 6.20. The maximum atomic E-state index is 5.36. The number of ether oxygens (including phenoxy) is 1. The fourth-order valence-electron chi connectivity index (χ4n) is 1.88. The summed E-state index contributed by atoms with van der Waals surface area (Å²) >= 11 is 0. The molecule has 14 heavy (non-hydrogen) atoms.